The standard InChI is InChI=1S/C16H32N2O/c1-3-17-11-13-18(14-12-17)10-4-5-15-6-8-16(19-2)9-7-15/h15-16H,3-14H2,1-2H3. The van der Waals surface area contributed by atoms with E-state index in [1.165, 1.54) is 77.8 Å². The van der Waals surface area contributed by atoms with E-state index in [1.807, 2.05) is 7.11 Å². The predicted molar refractivity (Wildman–Crippen MR) is 80.5 cm³/mol. The predicted octanol–water partition coefficient (Wildman–Crippen LogP) is 2.61. The van der Waals surface area contributed by atoms with Crippen LogP contribution < -0.4 is 0 Å². The van der Waals surface area contributed by atoms with Crippen molar-refractivity contribution in [3.05, 3.63) is 0 Å². The number of ether oxygens (including phenoxy) is 1. The van der Waals surface area contributed by atoms with Gasteiger partial charge in [0.2, 0.25) is 0 Å². The summed E-state index contributed by atoms with van der Waals surface area (Å²) < 4.78 is 5.45. The molecular formula is C16H32N2O. The van der Waals surface area contributed by atoms with Crippen LogP contribution in [-0.2, 0) is 4.74 Å². The van der Waals surface area contributed by atoms with Crippen molar-refractivity contribution >= 4 is 0 Å². The van der Waals surface area contributed by atoms with Gasteiger partial charge >= 0.3 is 0 Å². The number of nitrogens with zero attached hydrogens (tertiary/aromatic N) is 2. The molecule has 0 radical (unpaired) electrons. The largest absolute Gasteiger partial charge is 0.381 e. The molecule has 1 heterocycles. The molecule has 2 fully saturated rings. The highest BCUT2D eigenvalue weighted by molar-refractivity contribution is 4.74. The fourth-order valence-corrected chi connectivity index (χ4v) is 3.59. The molecule has 1 aliphatic heterocycles. The molecule has 3 heteroatoms. The van der Waals surface area contributed by atoms with Gasteiger partial charge in [0, 0.05) is 33.3 Å². The van der Waals surface area contributed by atoms with Gasteiger partial charge in [0.05, 0.1) is 6.10 Å². The van der Waals surface area contributed by atoms with Crippen LogP contribution in [0.4, 0.5) is 0 Å². The maximum atomic E-state index is 5.45. The third kappa shape index (κ3) is 5.05. The molecular weight excluding hydrogens is 236 g/mol. The van der Waals surface area contributed by atoms with Crippen LogP contribution in [0, 0.1) is 5.92 Å². The first-order valence-corrected chi connectivity index (χ1v) is 8.29. The Morgan fingerprint density at radius 3 is 2.16 bits per heavy atom. The molecule has 1 saturated heterocycles. The molecule has 0 amide bonds. The maximum Gasteiger partial charge on any atom is 0.0571 e. The molecule has 0 atom stereocenters. The molecule has 0 N–H and O–H groups in total. The molecule has 0 spiro atoms. The van der Waals surface area contributed by atoms with Gasteiger partial charge in [-0.1, -0.05) is 6.92 Å². The second kappa shape index (κ2) is 8.23. The Morgan fingerprint density at radius 2 is 1.58 bits per heavy atom. The number of likely N-dealkylation sites (N-methyl/N-ethyl adjacent to an activating group) is 1. The SMILES string of the molecule is CCN1CCN(CCCC2CCC(OC)CC2)CC1. The number of hydrogen-bond acceptors (Lipinski definition) is 3. The molecule has 2 rings (SSSR count). The second-order valence-corrected chi connectivity index (χ2v) is 6.30. The summed E-state index contributed by atoms with van der Waals surface area (Å²) in [6, 6.07) is 0. The topological polar surface area (TPSA) is 15.7 Å². The molecule has 1 aliphatic carbocycles. The van der Waals surface area contributed by atoms with E-state index in [0.717, 1.165) is 5.92 Å². The third-order valence-electron chi connectivity index (χ3n) is 5.13. The fraction of sp³-hybridized carbons (Fsp3) is 1.00. The average Bonchev–Trinajstić information content (AvgIpc) is 2.49. The minimum Gasteiger partial charge on any atom is -0.381 e. The zero-order valence-corrected chi connectivity index (χ0v) is 12.9. The van der Waals surface area contributed by atoms with Gasteiger partial charge < -0.3 is 14.5 Å². The summed E-state index contributed by atoms with van der Waals surface area (Å²) in [7, 11) is 1.86. The molecule has 2 aliphatic rings. The number of hydrogen-bond donors (Lipinski definition) is 0. The van der Waals surface area contributed by atoms with Crippen LogP contribution in [0.15, 0.2) is 0 Å². The third-order valence-corrected chi connectivity index (χ3v) is 5.13. The molecule has 0 bridgehead atoms. The van der Waals surface area contributed by atoms with Crippen molar-refractivity contribution in [3.8, 4) is 0 Å². The highest BCUT2D eigenvalue weighted by Gasteiger charge is 2.21. The van der Waals surface area contributed by atoms with E-state index in [0.29, 0.717) is 6.10 Å². The van der Waals surface area contributed by atoms with Crippen molar-refractivity contribution in [1.82, 2.24) is 9.80 Å². The van der Waals surface area contributed by atoms with E-state index in [-0.39, 0.29) is 0 Å². The smallest absolute Gasteiger partial charge is 0.0571 e. The van der Waals surface area contributed by atoms with Gasteiger partial charge in [-0.15, -0.1) is 0 Å². The van der Waals surface area contributed by atoms with Gasteiger partial charge in [0.1, 0.15) is 0 Å². The summed E-state index contributed by atoms with van der Waals surface area (Å²) in [4.78, 5) is 5.22. The van der Waals surface area contributed by atoms with Crippen LogP contribution in [0.25, 0.3) is 0 Å². The molecule has 112 valence electrons. The van der Waals surface area contributed by atoms with E-state index in [2.05, 4.69) is 16.7 Å². The van der Waals surface area contributed by atoms with Gasteiger partial charge in [-0.3, -0.25) is 0 Å². The Morgan fingerprint density at radius 1 is 0.947 bits per heavy atom. The lowest BCUT2D eigenvalue weighted by Gasteiger charge is -2.34. The zero-order valence-electron chi connectivity index (χ0n) is 12.9. The fourth-order valence-electron chi connectivity index (χ4n) is 3.59. The molecule has 0 unspecified atom stereocenters. The second-order valence-electron chi connectivity index (χ2n) is 6.30. The minimum atomic E-state index is 0.554. The van der Waals surface area contributed by atoms with Crippen molar-refractivity contribution < 1.29 is 4.74 Å². The van der Waals surface area contributed by atoms with Crippen LogP contribution in [0.2, 0.25) is 0 Å². The van der Waals surface area contributed by atoms with Gasteiger partial charge in [0.15, 0.2) is 0 Å². The summed E-state index contributed by atoms with van der Waals surface area (Å²) in [5.41, 5.74) is 0. The van der Waals surface area contributed by atoms with Crippen molar-refractivity contribution in [2.24, 2.45) is 5.92 Å². The van der Waals surface area contributed by atoms with Gasteiger partial charge in [0.25, 0.3) is 0 Å². The Labute approximate surface area is 119 Å². The van der Waals surface area contributed by atoms with Crippen molar-refractivity contribution in [2.75, 3.05) is 46.4 Å². The first-order chi connectivity index (χ1) is 9.31. The van der Waals surface area contributed by atoms with Crippen LogP contribution in [-0.4, -0.2) is 62.3 Å². The first kappa shape index (κ1) is 15.3. The van der Waals surface area contributed by atoms with E-state index in [9.17, 15) is 0 Å². The molecule has 0 aromatic rings. The van der Waals surface area contributed by atoms with Crippen LogP contribution in [0.3, 0.4) is 0 Å². The van der Waals surface area contributed by atoms with Crippen molar-refractivity contribution in [2.45, 2.75) is 51.6 Å². The molecule has 1 saturated carbocycles. The quantitative estimate of drug-likeness (QED) is 0.736. The lowest BCUT2D eigenvalue weighted by Crippen LogP contribution is -2.46. The summed E-state index contributed by atoms with van der Waals surface area (Å²) in [6.45, 7) is 9.92. The number of methoxy groups -OCH3 is 1. The first-order valence-electron chi connectivity index (χ1n) is 8.29. The number of piperazine rings is 1. The van der Waals surface area contributed by atoms with Crippen molar-refractivity contribution in [1.29, 1.82) is 0 Å². The van der Waals surface area contributed by atoms with E-state index >= 15 is 0 Å². The molecule has 0 aromatic carbocycles. The van der Waals surface area contributed by atoms with E-state index in [1.54, 1.807) is 0 Å². The summed E-state index contributed by atoms with van der Waals surface area (Å²) in [5, 5.41) is 0. The normalized spacial score (nSPS) is 30.6. The van der Waals surface area contributed by atoms with E-state index in [4.69, 9.17) is 4.74 Å². The van der Waals surface area contributed by atoms with Crippen LogP contribution in [0.5, 0.6) is 0 Å². The zero-order chi connectivity index (χ0) is 13.5. The highest BCUT2D eigenvalue weighted by atomic mass is 16.5. The minimum absolute atomic E-state index is 0.554. The average molecular weight is 268 g/mol. The van der Waals surface area contributed by atoms with Crippen LogP contribution >= 0.6 is 0 Å². The van der Waals surface area contributed by atoms with Gasteiger partial charge in [-0.05, 0) is 57.5 Å². The Balaban J connectivity index is 1.53. The highest BCUT2D eigenvalue weighted by Crippen LogP contribution is 2.29. The molecule has 0 aromatic heterocycles. The van der Waals surface area contributed by atoms with Crippen LogP contribution in [0.1, 0.15) is 45.4 Å². The summed E-state index contributed by atoms with van der Waals surface area (Å²) >= 11 is 0. The van der Waals surface area contributed by atoms with Crippen molar-refractivity contribution in [3.63, 3.8) is 0 Å². The van der Waals surface area contributed by atoms with E-state index < -0.39 is 0 Å². The summed E-state index contributed by atoms with van der Waals surface area (Å²) in [6.07, 6.45) is 8.74. The Bertz CT molecular complexity index is 207. The molecule has 3 nitrogen and oxygen atoms in total. The van der Waals surface area contributed by atoms with Gasteiger partial charge in [-0.2, -0.15) is 0 Å². The lowest BCUT2D eigenvalue weighted by atomic mass is 9.84. The summed E-state index contributed by atoms with van der Waals surface area (Å²) in [5.74, 6) is 0.975. The maximum absolute atomic E-state index is 5.45. The molecule has 19 heavy (non-hydrogen) atoms. The Hall–Kier alpha value is -0.120. The van der Waals surface area contributed by atoms with Gasteiger partial charge in [-0.25, -0.2) is 0 Å². The number of rotatable bonds is 6. The monoisotopic (exact) mass is 268 g/mol. The lowest BCUT2D eigenvalue weighted by molar-refractivity contribution is 0.0543. The Kier molecular flexibility index (Phi) is 6.62.